The van der Waals surface area contributed by atoms with E-state index in [0.717, 1.165) is 11.3 Å². The lowest BCUT2D eigenvalue weighted by Crippen LogP contribution is -1.77. The van der Waals surface area contributed by atoms with Gasteiger partial charge in [0.25, 0.3) is 0 Å². The van der Waals surface area contributed by atoms with Crippen molar-refractivity contribution in [2.24, 2.45) is 0 Å². The van der Waals surface area contributed by atoms with E-state index < -0.39 is 0 Å². The van der Waals surface area contributed by atoms with Crippen LogP contribution in [0.3, 0.4) is 0 Å². The maximum Gasteiger partial charge on any atom is 0.0638 e. The number of hydrogen-bond acceptors (Lipinski definition) is 1. The summed E-state index contributed by atoms with van der Waals surface area (Å²) in [5.41, 5.74) is 1.01. The fourth-order valence-corrected chi connectivity index (χ4v) is 3.45. The van der Waals surface area contributed by atoms with E-state index in [1.54, 1.807) is 24.3 Å². The van der Waals surface area contributed by atoms with Crippen LogP contribution in [0.1, 0.15) is 9.60 Å². The fraction of sp³-hybridized carbons (Fsp3) is 0. The third-order valence-electron chi connectivity index (χ3n) is 3.05. The second-order valence-corrected chi connectivity index (χ2v) is 5.73. The zero-order chi connectivity index (χ0) is 19.6. The summed E-state index contributed by atoms with van der Waals surface area (Å²) in [6.45, 7) is 0. The molecule has 2 heteroatoms. The predicted octanol–water partition coefficient (Wildman–Crippen LogP) is 6.37. The summed E-state index contributed by atoms with van der Waals surface area (Å²) in [7, 11) is 0. The molecule has 0 unspecified atom stereocenters. The average molecular weight is 302 g/mol. The highest BCUT2D eigenvalue weighted by Gasteiger charge is 2.09. The Morgan fingerprint density at radius 1 is 0.950 bits per heavy atom. The van der Waals surface area contributed by atoms with Gasteiger partial charge in [0.15, 0.2) is 0 Å². The van der Waals surface area contributed by atoms with Crippen molar-refractivity contribution in [1.29, 1.82) is 0 Å². The molecule has 1 aromatic heterocycles. The quantitative estimate of drug-likeness (QED) is 0.383. The Morgan fingerprint density at radius 3 is 2.70 bits per heavy atom. The van der Waals surface area contributed by atoms with Gasteiger partial charge in [0.1, 0.15) is 0 Å². The van der Waals surface area contributed by atoms with Crippen LogP contribution in [0.2, 0.25) is 5.02 Å². The van der Waals surface area contributed by atoms with Crippen molar-refractivity contribution in [3.8, 4) is 11.1 Å². The molecule has 3 aromatic carbocycles. The third-order valence-corrected chi connectivity index (χ3v) is 4.41. The molecule has 0 atom stereocenters. The Balaban J connectivity index is 2.31. The molecule has 0 saturated carbocycles. The summed E-state index contributed by atoms with van der Waals surface area (Å²) < 4.78 is 58.0. The van der Waals surface area contributed by atoms with Gasteiger partial charge in [0.05, 0.1) is 9.60 Å². The van der Waals surface area contributed by atoms with Gasteiger partial charge in [0.2, 0.25) is 0 Å². The fourth-order valence-electron chi connectivity index (χ4n) is 2.18. The molecule has 0 N–H and O–H groups in total. The van der Waals surface area contributed by atoms with Crippen LogP contribution in [-0.4, -0.2) is 0 Å². The van der Waals surface area contributed by atoms with E-state index in [0.29, 0.717) is 25.5 Å². The van der Waals surface area contributed by atoms with Crippen LogP contribution in [0.15, 0.2) is 66.6 Å². The summed E-state index contributed by atoms with van der Waals surface area (Å²) in [5, 5.41) is 0.965. The van der Waals surface area contributed by atoms with Crippen molar-refractivity contribution in [2.45, 2.75) is 0 Å². The minimum atomic E-state index is -0.377. The SMILES string of the molecule is [2H]c1c([2H])c([2H])c2c(sc3c(-c4cccc(Cl)c4)c([2H])c([2H])c([2H])c32)c1[2H]. The summed E-state index contributed by atoms with van der Waals surface area (Å²) in [4.78, 5) is 0. The summed E-state index contributed by atoms with van der Waals surface area (Å²) in [6, 6.07) is 5.08. The summed E-state index contributed by atoms with van der Waals surface area (Å²) in [5.74, 6) is 0. The van der Waals surface area contributed by atoms with Crippen LogP contribution in [-0.2, 0) is 0 Å². The molecule has 0 spiro atoms. The molecule has 0 aliphatic carbocycles. The standard InChI is InChI=1S/C18H11ClS/c19-13-6-3-5-12(11-13)14-8-4-9-16-15-7-1-2-10-17(15)20-18(14)16/h1-11H/i1D,2D,4D,7D,8D,9D,10D. The van der Waals surface area contributed by atoms with Crippen LogP contribution in [0, 0.1) is 0 Å². The Labute approximate surface area is 136 Å². The van der Waals surface area contributed by atoms with Gasteiger partial charge < -0.3 is 0 Å². The number of halogens is 1. The van der Waals surface area contributed by atoms with Gasteiger partial charge in [-0.25, -0.2) is 0 Å². The van der Waals surface area contributed by atoms with Crippen LogP contribution < -0.4 is 0 Å². The van der Waals surface area contributed by atoms with Crippen molar-refractivity contribution in [1.82, 2.24) is 0 Å². The molecule has 0 saturated heterocycles. The first kappa shape index (κ1) is 6.75. The smallest absolute Gasteiger partial charge is 0.0638 e. The first-order valence-electron chi connectivity index (χ1n) is 9.42. The zero-order valence-electron chi connectivity index (χ0n) is 17.1. The number of hydrogen-bond donors (Lipinski definition) is 0. The van der Waals surface area contributed by atoms with Crippen molar-refractivity contribution < 1.29 is 9.60 Å². The Bertz CT molecular complexity index is 1260. The van der Waals surface area contributed by atoms with E-state index in [1.807, 2.05) is 0 Å². The van der Waals surface area contributed by atoms with Gasteiger partial charge in [-0.1, -0.05) is 60.0 Å². The lowest BCUT2D eigenvalue weighted by Gasteiger charge is -2.04. The second-order valence-electron chi connectivity index (χ2n) is 4.27. The molecule has 4 aromatic rings. The van der Waals surface area contributed by atoms with E-state index >= 15 is 0 Å². The highest BCUT2D eigenvalue weighted by Crippen LogP contribution is 2.39. The van der Waals surface area contributed by atoms with Crippen molar-refractivity contribution in [3.05, 3.63) is 71.6 Å². The van der Waals surface area contributed by atoms with Gasteiger partial charge in [-0.05, 0) is 29.3 Å². The van der Waals surface area contributed by atoms with E-state index in [2.05, 4.69) is 0 Å². The van der Waals surface area contributed by atoms with Crippen LogP contribution in [0.4, 0.5) is 0 Å². The molecule has 0 aliphatic heterocycles. The number of rotatable bonds is 1. The zero-order valence-corrected chi connectivity index (χ0v) is 11.7. The van der Waals surface area contributed by atoms with Gasteiger partial charge in [-0.3, -0.25) is 0 Å². The van der Waals surface area contributed by atoms with Gasteiger partial charge in [0, 0.05) is 25.2 Å². The van der Waals surface area contributed by atoms with Crippen molar-refractivity contribution in [3.63, 3.8) is 0 Å². The second kappa shape index (κ2) is 4.62. The molecule has 0 amide bonds. The lowest BCUT2D eigenvalue weighted by atomic mass is 10.0. The molecule has 0 aliphatic rings. The first-order chi connectivity index (χ1) is 12.7. The maximum absolute atomic E-state index is 8.38. The molecule has 1 heterocycles. The number of fused-ring (bicyclic) bond motifs is 3. The van der Waals surface area contributed by atoms with Gasteiger partial charge in [-0.2, -0.15) is 0 Å². The largest absolute Gasteiger partial charge is 0.135 e. The molecule has 0 nitrogen and oxygen atoms in total. The minimum Gasteiger partial charge on any atom is -0.135 e. The van der Waals surface area contributed by atoms with Crippen LogP contribution >= 0.6 is 22.9 Å². The molecule has 20 heavy (non-hydrogen) atoms. The minimum absolute atomic E-state index is 0.128. The highest BCUT2D eigenvalue weighted by atomic mass is 35.5. The Kier molecular flexibility index (Phi) is 1.56. The van der Waals surface area contributed by atoms with Crippen LogP contribution in [0.5, 0.6) is 0 Å². The predicted molar refractivity (Wildman–Crippen MR) is 89.8 cm³/mol. The Hall–Kier alpha value is -1.83. The molecular formula is C18H11ClS. The van der Waals surface area contributed by atoms with Crippen molar-refractivity contribution >= 4 is 43.1 Å². The molecular weight excluding hydrogens is 284 g/mol. The molecule has 0 fully saturated rings. The average Bonchev–Trinajstić information content (AvgIpc) is 3.03. The van der Waals surface area contributed by atoms with Gasteiger partial charge >= 0.3 is 0 Å². The monoisotopic (exact) mass is 301 g/mol. The van der Waals surface area contributed by atoms with Crippen molar-refractivity contribution in [2.75, 3.05) is 0 Å². The van der Waals surface area contributed by atoms with E-state index in [-0.39, 0.29) is 53.1 Å². The Morgan fingerprint density at radius 2 is 1.80 bits per heavy atom. The highest BCUT2D eigenvalue weighted by molar-refractivity contribution is 7.26. The number of thiophene rings is 1. The molecule has 0 radical (unpaired) electrons. The third kappa shape index (κ3) is 1.82. The van der Waals surface area contributed by atoms with E-state index in [1.165, 1.54) is 0 Å². The lowest BCUT2D eigenvalue weighted by molar-refractivity contribution is 1.67. The molecule has 4 rings (SSSR count). The topological polar surface area (TPSA) is 0 Å². The number of benzene rings is 3. The van der Waals surface area contributed by atoms with Crippen LogP contribution in [0.25, 0.3) is 31.3 Å². The molecule has 96 valence electrons. The van der Waals surface area contributed by atoms with Gasteiger partial charge in [-0.15, -0.1) is 11.3 Å². The maximum atomic E-state index is 8.38. The summed E-state index contributed by atoms with van der Waals surface area (Å²) >= 11 is 7.20. The van der Waals surface area contributed by atoms with E-state index in [4.69, 9.17) is 21.2 Å². The molecule has 0 bridgehead atoms. The summed E-state index contributed by atoms with van der Waals surface area (Å²) in [6.07, 6.45) is 0. The normalized spacial score (nSPS) is 16.1. The van der Waals surface area contributed by atoms with E-state index in [9.17, 15) is 0 Å². The first-order valence-corrected chi connectivity index (χ1v) is 7.11.